The van der Waals surface area contributed by atoms with E-state index in [2.05, 4.69) is 10.6 Å². The molecule has 2 aromatic carbocycles. The number of nitrogens with one attached hydrogen (secondary N) is 4. The maximum Gasteiger partial charge on any atom is 0.328 e. The molecule has 0 radical (unpaired) electrons. The van der Waals surface area contributed by atoms with Gasteiger partial charge in [-0.25, -0.2) is 9.59 Å². The normalized spacial score (nSPS) is 9.78. The highest BCUT2D eigenvalue weighted by atomic mass is 35.5. The van der Waals surface area contributed by atoms with Gasteiger partial charge in [-0.3, -0.25) is 20.6 Å². The van der Waals surface area contributed by atoms with Crippen LogP contribution in [0.3, 0.4) is 0 Å². The highest BCUT2D eigenvalue weighted by Crippen LogP contribution is 2.15. The smallest absolute Gasteiger partial charge is 0.328 e. The van der Waals surface area contributed by atoms with Gasteiger partial charge in [-0.05, 0) is 61.4 Å². The average Bonchev–Trinajstić information content (AvgIpc) is 2.80. The molecule has 8 N–H and O–H groups in total. The molecule has 0 atom stereocenters. The number of guanidine groups is 2. The summed E-state index contributed by atoms with van der Waals surface area (Å²) in [6, 6.07) is 12.3. The lowest BCUT2D eigenvalue weighted by molar-refractivity contribution is 0.232. The van der Waals surface area contributed by atoms with Crippen LogP contribution in [-0.4, -0.2) is 46.9 Å². The van der Waals surface area contributed by atoms with Crippen LogP contribution in [0.2, 0.25) is 10.0 Å². The molecule has 2 rings (SSSR count). The van der Waals surface area contributed by atoms with Crippen molar-refractivity contribution >= 4 is 83.4 Å². The summed E-state index contributed by atoms with van der Waals surface area (Å²) in [6.07, 6.45) is 3.75. The molecule has 0 saturated heterocycles. The zero-order valence-corrected chi connectivity index (χ0v) is 23.2. The minimum Gasteiger partial charge on any atom is -0.370 e. The third-order valence-corrected chi connectivity index (χ3v) is 5.53. The van der Waals surface area contributed by atoms with Crippen molar-refractivity contribution in [2.75, 3.05) is 23.7 Å². The van der Waals surface area contributed by atoms with Gasteiger partial charge in [0.2, 0.25) is 0 Å². The lowest BCUT2D eigenvalue weighted by Crippen LogP contribution is -2.44. The Balaban J connectivity index is 0.00000648. The van der Waals surface area contributed by atoms with E-state index < -0.39 is 12.1 Å². The lowest BCUT2D eigenvalue weighted by atomic mass is 10.1. The van der Waals surface area contributed by atoms with Crippen LogP contribution >= 0.6 is 48.0 Å². The second-order valence-electron chi connectivity index (χ2n) is 7.72. The second-order valence-corrected chi connectivity index (χ2v) is 8.59. The number of hydrogen-bond acceptors (Lipinski definition) is 4. The van der Waals surface area contributed by atoms with E-state index in [1.807, 2.05) is 0 Å². The summed E-state index contributed by atoms with van der Waals surface area (Å²) in [6.45, 7) is 0.607. The molecule has 0 heterocycles. The highest BCUT2D eigenvalue weighted by molar-refractivity contribution is 6.31. The first-order valence-corrected chi connectivity index (χ1v) is 11.8. The molecule has 14 heteroatoms. The lowest BCUT2D eigenvalue weighted by Gasteiger charge is -2.22. The first-order valence-electron chi connectivity index (χ1n) is 11.0. The number of benzene rings is 2. The van der Waals surface area contributed by atoms with Gasteiger partial charge in [0.05, 0.1) is 0 Å². The van der Waals surface area contributed by atoms with E-state index >= 15 is 0 Å². The molecule has 0 unspecified atom stereocenters. The van der Waals surface area contributed by atoms with Crippen molar-refractivity contribution in [2.24, 2.45) is 11.5 Å². The molecular formula is C23H32Cl4N8O2. The van der Waals surface area contributed by atoms with Crippen LogP contribution in [0.25, 0.3) is 0 Å². The van der Waals surface area contributed by atoms with Crippen LogP contribution in [0.1, 0.15) is 32.1 Å². The topological polar surface area (TPSA) is 164 Å². The molecule has 0 aliphatic carbocycles. The molecule has 0 spiro atoms. The fourth-order valence-corrected chi connectivity index (χ4v) is 3.43. The Bertz CT molecular complexity index is 941. The van der Waals surface area contributed by atoms with E-state index in [0.29, 0.717) is 47.4 Å². The molecule has 10 nitrogen and oxygen atoms in total. The molecular weight excluding hydrogens is 562 g/mol. The van der Waals surface area contributed by atoms with Crippen molar-refractivity contribution in [3.05, 3.63) is 58.6 Å². The number of urea groups is 2. The summed E-state index contributed by atoms with van der Waals surface area (Å²) in [5, 5.41) is 21.9. The van der Waals surface area contributed by atoms with E-state index in [1.165, 1.54) is 9.80 Å². The maximum absolute atomic E-state index is 12.4. The quantitative estimate of drug-likeness (QED) is 0.114. The second kappa shape index (κ2) is 17.5. The number of hydrogen-bond donors (Lipinski definition) is 6. The summed E-state index contributed by atoms with van der Waals surface area (Å²) >= 11 is 11.7. The van der Waals surface area contributed by atoms with Gasteiger partial charge in [0.15, 0.2) is 11.9 Å². The molecule has 0 saturated carbocycles. The fourth-order valence-electron chi connectivity index (χ4n) is 3.18. The van der Waals surface area contributed by atoms with Crippen LogP contribution in [0, 0.1) is 10.8 Å². The Hall–Kier alpha value is -2.92. The summed E-state index contributed by atoms with van der Waals surface area (Å²) in [5.74, 6) is -0.666. The average molecular weight is 594 g/mol. The van der Waals surface area contributed by atoms with Gasteiger partial charge >= 0.3 is 12.1 Å². The summed E-state index contributed by atoms with van der Waals surface area (Å²) in [5.41, 5.74) is 12.3. The summed E-state index contributed by atoms with van der Waals surface area (Å²) in [7, 11) is 0. The van der Waals surface area contributed by atoms with Crippen molar-refractivity contribution in [3.8, 4) is 0 Å². The first-order chi connectivity index (χ1) is 16.7. The van der Waals surface area contributed by atoms with Crippen molar-refractivity contribution in [1.29, 1.82) is 10.8 Å². The maximum atomic E-state index is 12.4. The van der Waals surface area contributed by atoms with Crippen LogP contribution < -0.4 is 22.1 Å². The summed E-state index contributed by atoms with van der Waals surface area (Å²) < 4.78 is 0. The predicted molar refractivity (Wildman–Crippen MR) is 156 cm³/mol. The molecule has 2 aromatic rings. The van der Waals surface area contributed by atoms with Crippen LogP contribution in [0.5, 0.6) is 0 Å². The zero-order chi connectivity index (χ0) is 25.8. The Morgan fingerprint density at radius 3 is 1.24 bits per heavy atom. The molecule has 0 fully saturated rings. The Kier molecular flexibility index (Phi) is 16.1. The van der Waals surface area contributed by atoms with E-state index in [9.17, 15) is 9.59 Å². The monoisotopic (exact) mass is 592 g/mol. The molecule has 0 aromatic heterocycles. The molecule has 37 heavy (non-hydrogen) atoms. The van der Waals surface area contributed by atoms with Crippen LogP contribution in [0.4, 0.5) is 21.0 Å². The third kappa shape index (κ3) is 12.2. The van der Waals surface area contributed by atoms with E-state index in [1.54, 1.807) is 48.5 Å². The standard InChI is InChI=1S/C23H30Cl2N8O2.2ClH/c24-16-6-10-18(11-7-16)30-22(34)32(20(26)27)14-4-2-1-3-5-15-33(21(28)29)23(35)31-19-12-8-17(25)9-13-19;;/h6-13H,1-5,14-15H2,(H3,26,27)(H3,28,29)(H,30,34)(H,31,35);2*1H. The van der Waals surface area contributed by atoms with Gasteiger partial charge in [0.25, 0.3) is 0 Å². The molecule has 204 valence electrons. The zero-order valence-electron chi connectivity index (χ0n) is 20.0. The van der Waals surface area contributed by atoms with Crippen molar-refractivity contribution in [3.63, 3.8) is 0 Å². The molecule has 0 bridgehead atoms. The fraction of sp³-hybridized carbons (Fsp3) is 0.304. The Morgan fingerprint density at radius 1 is 0.649 bits per heavy atom. The Morgan fingerprint density at radius 2 is 0.946 bits per heavy atom. The van der Waals surface area contributed by atoms with Gasteiger partial charge in [0.1, 0.15) is 0 Å². The van der Waals surface area contributed by atoms with Crippen molar-refractivity contribution in [2.45, 2.75) is 32.1 Å². The van der Waals surface area contributed by atoms with E-state index in [4.69, 9.17) is 45.5 Å². The largest absolute Gasteiger partial charge is 0.370 e. The first kappa shape index (κ1) is 34.1. The number of carbonyl (C=O) groups excluding carboxylic acids is 2. The number of anilines is 2. The Labute approximate surface area is 238 Å². The number of rotatable bonds is 10. The van der Waals surface area contributed by atoms with Gasteiger partial charge in [-0.2, -0.15) is 0 Å². The van der Waals surface area contributed by atoms with Crippen molar-refractivity contribution in [1.82, 2.24) is 9.80 Å². The molecule has 0 aliphatic heterocycles. The number of unbranched alkanes of at least 4 members (excludes halogenated alkanes) is 4. The number of carbonyl (C=O) groups is 2. The SMILES string of the molecule is Cl.Cl.N=C(N)N(CCCCCCCN(C(=N)N)C(=O)Nc1ccc(Cl)cc1)C(=O)Nc1ccc(Cl)cc1. The number of nitrogens with zero attached hydrogens (tertiary/aromatic N) is 2. The van der Waals surface area contributed by atoms with Gasteiger partial charge in [-0.15, -0.1) is 24.8 Å². The number of nitrogens with two attached hydrogens (primary N) is 2. The van der Waals surface area contributed by atoms with E-state index in [-0.39, 0.29) is 36.7 Å². The van der Waals surface area contributed by atoms with Gasteiger partial charge < -0.3 is 22.1 Å². The van der Waals surface area contributed by atoms with Crippen LogP contribution in [0.15, 0.2) is 48.5 Å². The number of amides is 4. The minimum atomic E-state index is -0.483. The molecule has 4 amide bonds. The molecule has 0 aliphatic rings. The highest BCUT2D eigenvalue weighted by Gasteiger charge is 2.17. The van der Waals surface area contributed by atoms with Gasteiger partial charge in [0, 0.05) is 34.5 Å². The third-order valence-electron chi connectivity index (χ3n) is 5.03. The summed E-state index contributed by atoms with van der Waals surface area (Å²) in [4.78, 5) is 27.2. The van der Waals surface area contributed by atoms with E-state index in [0.717, 1.165) is 19.3 Å². The van der Waals surface area contributed by atoms with Crippen molar-refractivity contribution < 1.29 is 9.59 Å². The minimum absolute atomic E-state index is 0. The van der Waals surface area contributed by atoms with Crippen LogP contribution in [-0.2, 0) is 0 Å². The number of halogens is 4. The predicted octanol–water partition coefficient (Wildman–Crippen LogP) is 5.94. The van der Waals surface area contributed by atoms with Gasteiger partial charge in [-0.1, -0.05) is 42.5 Å².